The molecule has 1 heterocycles. The van der Waals surface area contributed by atoms with Crippen LogP contribution < -0.4 is 9.47 Å². The van der Waals surface area contributed by atoms with Gasteiger partial charge in [0.2, 0.25) is 0 Å². The van der Waals surface area contributed by atoms with Crippen LogP contribution in [0.1, 0.15) is 96.3 Å². The van der Waals surface area contributed by atoms with Crippen molar-refractivity contribution in [3.63, 3.8) is 0 Å². The molecule has 3 aromatic carbocycles. The summed E-state index contributed by atoms with van der Waals surface area (Å²) in [5.74, 6) is 3.59. The van der Waals surface area contributed by atoms with E-state index < -0.39 is 13.5 Å². The van der Waals surface area contributed by atoms with Gasteiger partial charge >= 0.3 is 114 Å². The van der Waals surface area contributed by atoms with Crippen LogP contribution in [0.5, 0.6) is 17.2 Å². The van der Waals surface area contributed by atoms with Crippen LogP contribution in [0.2, 0.25) is 0 Å². The van der Waals surface area contributed by atoms with Gasteiger partial charge in [-0.1, -0.05) is 72.4 Å². The normalized spacial score (nSPS) is 17.9. The van der Waals surface area contributed by atoms with Crippen molar-refractivity contribution in [1.82, 2.24) is 4.90 Å². The molecule has 1 aliphatic heterocycles. The second kappa shape index (κ2) is 16.1. The van der Waals surface area contributed by atoms with E-state index in [1.165, 1.54) is 30.4 Å². The number of halogens is 2. The molecule has 0 unspecified atom stereocenters. The fourth-order valence-electron chi connectivity index (χ4n) is 5.20. The number of likely N-dealkylation sites (tertiary alicyclic amines) is 1. The summed E-state index contributed by atoms with van der Waals surface area (Å²) in [5, 5.41) is 0. The third kappa shape index (κ3) is 9.42. The standard InChI is InChI=1S/C21H34NO.C13H10O.2ClH.Ru/c1-14(2)19-12-9-13-20(15(3)4)21(19)23-18(7)22-16(5)10-8-11-17(22)6;1-11-7-5-6-10-13(11)14-12-8-3-2-4-9-12;;;/h9,12-17H,8,10-11H2,1-7H3;1-10H;2*1H;/q-1;;;;+2/p-2/t16-,17+;;;;. The van der Waals surface area contributed by atoms with Crippen LogP contribution in [0.3, 0.4) is 0 Å². The van der Waals surface area contributed by atoms with Crippen LogP contribution in [-0.2, 0) is 13.5 Å². The number of para-hydroxylation sites is 3. The Morgan fingerprint density at radius 1 is 0.825 bits per heavy atom. The molecule has 4 rings (SSSR count). The SMILES string of the molecule is C[C-](Oc1c(C(C)C)cccc1C(C)C)N1[C@H](C)CCC[C@@H]1C.[Cl][Ru]([Cl])=[CH]c1ccccc1Oc1ccccc1. The maximum atomic E-state index is 6.52. The Labute approximate surface area is 255 Å². The zero-order valence-electron chi connectivity index (χ0n) is 24.8. The molecule has 0 radical (unpaired) electrons. The fourth-order valence-corrected chi connectivity index (χ4v) is 7.01. The van der Waals surface area contributed by atoms with E-state index in [9.17, 15) is 0 Å². The van der Waals surface area contributed by atoms with Gasteiger partial charge in [-0.3, -0.25) is 0 Å². The van der Waals surface area contributed by atoms with Gasteiger partial charge in [0.15, 0.2) is 0 Å². The quantitative estimate of drug-likeness (QED) is 0.176. The summed E-state index contributed by atoms with van der Waals surface area (Å²) in [6.07, 6.45) is 4.90. The van der Waals surface area contributed by atoms with Crippen LogP contribution in [-0.4, -0.2) is 21.6 Å². The Hall–Kier alpha value is -1.71. The zero-order valence-corrected chi connectivity index (χ0v) is 28.1. The number of ether oxygens (including phenoxy) is 2. The maximum absolute atomic E-state index is 6.52. The molecule has 40 heavy (non-hydrogen) atoms. The van der Waals surface area contributed by atoms with Crippen molar-refractivity contribution < 1.29 is 23.0 Å². The van der Waals surface area contributed by atoms with E-state index in [1.54, 1.807) is 0 Å². The van der Waals surface area contributed by atoms with Crippen molar-refractivity contribution in [3.05, 3.63) is 95.7 Å². The molecule has 6 heteroatoms. The summed E-state index contributed by atoms with van der Waals surface area (Å²) in [5.41, 5.74) is 3.57. The molecule has 1 saturated heterocycles. The molecule has 2 atom stereocenters. The van der Waals surface area contributed by atoms with Gasteiger partial charge in [0, 0.05) is 0 Å². The van der Waals surface area contributed by atoms with Crippen LogP contribution in [0.15, 0.2) is 72.8 Å². The van der Waals surface area contributed by atoms with Crippen LogP contribution in [0.25, 0.3) is 0 Å². The van der Waals surface area contributed by atoms with Crippen LogP contribution in [0, 0.1) is 6.23 Å². The second-order valence-corrected chi connectivity index (χ2v) is 16.7. The summed E-state index contributed by atoms with van der Waals surface area (Å²) >= 11 is -1.83. The Morgan fingerprint density at radius 3 is 1.93 bits per heavy atom. The zero-order chi connectivity index (χ0) is 29.2. The molecule has 0 bridgehead atoms. The van der Waals surface area contributed by atoms with Crippen molar-refractivity contribution >= 4 is 24.0 Å². The van der Waals surface area contributed by atoms with Gasteiger partial charge in [-0.2, -0.15) is 0 Å². The number of nitrogens with zero attached hydrogens (tertiary/aromatic N) is 1. The molecule has 220 valence electrons. The van der Waals surface area contributed by atoms with Gasteiger partial charge in [-0.15, -0.1) is 6.92 Å². The van der Waals surface area contributed by atoms with Crippen molar-refractivity contribution in [2.75, 3.05) is 0 Å². The van der Waals surface area contributed by atoms with Gasteiger partial charge in [-0.25, -0.2) is 0 Å². The molecule has 0 N–H and O–H groups in total. The number of piperidine rings is 1. The first-order valence-corrected chi connectivity index (χ1v) is 19.6. The number of benzene rings is 3. The van der Waals surface area contributed by atoms with Crippen molar-refractivity contribution in [2.24, 2.45) is 0 Å². The Balaban J connectivity index is 0.000000230. The molecule has 0 aromatic heterocycles. The number of hydrogen-bond donors (Lipinski definition) is 0. The predicted molar refractivity (Wildman–Crippen MR) is 169 cm³/mol. The monoisotopic (exact) mass is 670 g/mol. The van der Waals surface area contributed by atoms with Gasteiger partial charge in [0.1, 0.15) is 0 Å². The van der Waals surface area contributed by atoms with E-state index in [-0.39, 0.29) is 0 Å². The van der Waals surface area contributed by atoms with Crippen molar-refractivity contribution in [1.29, 1.82) is 0 Å². The first kappa shape index (κ1) is 32.8. The van der Waals surface area contributed by atoms with E-state index in [1.807, 2.05) is 59.2 Å². The number of hydrogen-bond acceptors (Lipinski definition) is 3. The predicted octanol–water partition coefficient (Wildman–Crippen LogP) is 10.6. The molecular formula is C34H44Cl2NO2Ru-. The van der Waals surface area contributed by atoms with E-state index in [4.69, 9.17) is 28.9 Å². The Morgan fingerprint density at radius 2 is 1.38 bits per heavy atom. The Kier molecular flexibility index (Phi) is 13.2. The Bertz CT molecular complexity index is 1190. The first-order chi connectivity index (χ1) is 19.1. The molecule has 0 saturated carbocycles. The summed E-state index contributed by atoms with van der Waals surface area (Å²) in [4.78, 5) is 2.48. The van der Waals surface area contributed by atoms with Crippen molar-refractivity contribution in [2.45, 2.75) is 91.6 Å². The van der Waals surface area contributed by atoms with Gasteiger partial charge in [0.25, 0.3) is 0 Å². The average molecular weight is 671 g/mol. The molecular weight excluding hydrogens is 626 g/mol. The third-order valence-electron chi connectivity index (χ3n) is 7.20. The summed E-state index contributed by atoms with van der Waals surface area (Å²) < 4.78 is 14.2. The van der Waals surface area contributed by atoms with Crippen LogP contribution in [0.4, 0.5) is 0 Å². The molecule has 0 amide bonds. The van der Waals surface area contributed by atoms with E-state index in [0.717, 1.165) is 29.0 Å². The fraction of sp³-hybridized carbons (Fsp3) is 0.412. The van der Waals surface area contributed by atoms with Crippen molar-refractivity contribution in [3.8, 4) is 17.2 Å². The second-order valence-electron chi connectivity index (χ2n) is 11.0. The minimum atomic E-state index is -1.83. The molecule has 3 aromatic rings. The molecule has 0 aliphatic carbocycles. The molecule has 3 nitrogen and oxygen atoms in total. The molecule has 1 aliphatic rings. The topological polar surface area (TPSA) is 21.7 Å². The van der Waals surface area contributed by atoms with E-state index in [0.29, 0.717) is 23.9 Å². The van der Waals surface area contributed by atoms with E-state index >= 15 is 0 Å². The average Bonchev–Trinajstić information content (AvgIpc) is 2.90. The molecule has 1 fully saturated rings. The minimum absolute atomic E-state index is 0.465. The van der Waals surface area contributed by atoms with E-state index in [2.05, 4.69) is 71.6 Å². The summed E-state index contributed by atoms with van der Waals surface area (Å²) in [6.45, 7) is 15.8. The summed E-state index contributed by atoms with van der Waals surface area (Å²) in [7, 11) is 11.8. The van der Waals surface area contributed by atoms with Gasteiger partial charge in [0.05, 0.1) is 5.75 Å². The van der Waals surface area contributed by atoms with Crippen LogP contribution >= 0.6 is 19.4 Å². The van der Waals surface area contributed by atoms with Gasteiger partial charge in [-0.05, 0) is 47.9 Å². The van der Waals surface area contributed by atoms with Gasteiger partial charge < -0.3 is 9.64 Å². The summed E-state index contributed by atoms with van der Waals surface area (Å²) in [6, 6.07) is 25.1. The number of rotatable bonds is 8. The first-order valence-electron chi connectivity index (χ1n) is 14.2. The molecule has 0 spiro atoms. The third-order valence-corrected chi connectivity index (χ3v) is 9.04.